The molecule has 5 aromatic rings. The normalized spacial score (nSPS) is 12.0. The lowest BCUT2D eigenvalue weighted by Gasteiger charge is -2.11. The van der Waals surface area contributed by atoms with Gasteiger partial charge in [0.1, 0.15) is 27.1 Å². The Bertz CT molecular complexity index is 1660. The number of benzene rings is 2. The maximum Gasteiger partial charge on any atom is 0.193 e. The van der Waals surface area contributed by atoms with Crippen LogP contribution in [-0.2, 0) is 15.6 Å². The van der Waals surface area contributed by atoms with Gasteiger partial charge < -0.3 is 4.98 Å². The summed E-state index contributed by atoms with van der Waals surface area (Å²) in [7, 11) is -4.00. The Kier molecular flexibility index (Phi) is 5.29. The van der Waals surface area contributed by atoms with E-state index in [4.69, 9.17) is 0 Å². The van der Waals surface area contributed by atoms with Crippen molar-refractivity contribution in [3.05, 3.63) is 70.4 Å². The van der Waals surface area contributed by atoms with Crippen LogP contribution in [-0.4, -0.2) is 33.6 Å². The Morgan fingerprint density at radius 2 is 1.85 bits per heavy atom. The number of H-pyrrole nitrogens is 2. The van der Waals surface area contributed by atoms with E-state index in [0.29, 0.717) is 27.6 Å². The Labute approximate surface area is 195 Å². The molecule has 0 aliphatic rings. The molecule has 0 aliphatic heterocycles. The summed E-state index contributed by atoms with van der Waals surface area (Å²) >= 11 is 0.961. The number of sulfone groups is 1. The van der Waals surface area contributed by atoms with Crippen molar-refractivity contribution in [3.63, 3.8) is 0 Å². The monoisotopic (exact) mass is 503 g/mol. The number of fused-ring (bicyclic) bond motifs is 1. The van der Waals surface area contributed by atoms with Gasteiger partial charge in [0.05, 0.1) is 16.5 Å². The number of hydrogen-bond donors (Lipinski definition) is 2. The zero-order chi connectivity index (χ0) is 24.2. The number of imidazole rings is 1. The van der Waals surface area contributed by atoms with Gasteiger partial charge in [0.2, 0.25) is 0 Å². The molecule has 0 amide bonds. The number of halogens is 3. The molecule has 7 nitrogen and oxygen atoms in total. The molecule has 2 N–H and O–H groups in total. The highest BCUT2D eigenvalue weighted by molar-refractivity contribution is 7.92. The standard InChI is InChI=1S/C22H16F3N5O2S2/c1-10-22(33-11(2)28-10)34(31,32)9-12-7-13(23)8-16(17(12)24)14-3-4-15-19(18(14)25)29-30-20(15)21-26-5-6-27-21/h3-8H,9H2,1-2H3,(H,26,27)(H,29,30). The van der Waals surface area contributed by atoms with Crippen LogP contribution in [0.3, 0.4) is 0 Å². The van der Waals surface area contributed by atoms with E-state index in [-0.39, 0.29) is 15.3 Å². The Hall–Kier alpha value is -3.51. The zero-order valence-electron chi connectivity index (χ0n) is 17.8. The highest BCUT2D eigenvalue weighted by atomic mass is 32.2. The van der Waals surface area contributed by atoms with Crippen molar-refractivity contribution in [1.29, 1.82) is 0 Å². The summed E-state index contributed by atoms with van der Waals surface area (Å²) in [6.45, 7) is 3.19. The van der Waals surface area contributed by atoms with Crippen LogP contribution in [0.5, 0.6) is 0 Å². The van der Waals surface area contributed by atoms with Gasteiger partial charge in [0, 0.05) is 34.5 Å². The molecule has 0 spiro atoms. The summed E-state index contributed by atoms with van der Waals surface area (Å²) < 4.78 is 71.1. The van der Waals surface area contributed by atoms with Gasteiger partial charge in [-0.15, -0.1) is 11.3 Å². The average Bonchev–Trinajstić information content (AvgIpc) is 3.50. The highest BCUT2D eigenvalue weighted by Crippen LogP contribution is 2.35. The molecular weight excluding hydrogens is 487 g/mol. The minimum Gasteiger partial charge on any atom is -0.343 e. The smallest absolute Gasteiger partial charge is 0.193 e. The van der Waals surface area contributed by atoms with Gasteiger partial charge in [-0.05, 0) is 32.0 Å². The first kappa shape index (κ1) is 22.3. The van der Waals surface area contributed by atoms with E-state index in [1.54, 1.807) is 13.1 Å². The predicted molar refractivity (Wildman–Crippen MR) is 121 cm³/mol. The lowest BCUT2D eigenvalue weighted by atomic mass is 10.00. The van der Waals surface area contributed by atoms with E-state index in [1.165, 1.54) is 25.3 Å². The van der Waals surface area contributed by atoms with E-state index in [1.807, 2.05) is 0 Å². The quantitative estimate of drug-likeness (QED) is 0.348. The SMILES string of the molecule is Cc1nc(C)c(S(=O)(=O)Cc2cc(F)cc(-c3ccc4c(-c5ncc[nH]5)[nH]nc4c3F)c2F)s1. The molecule has 2 aromatic carbocycles. The molecular formula is C22H16F3N5O2S2. The summed E-state index contributed by atoms with van der Waals surface area (Å²) in [4.78, 5) is 11.1. The second kappa shape index (κ2) is 8.06. The fourth-order valence-electron chi connectivity index (χ4n) is 3.86. The van der Waals surface area contributed by atoms with Crippen LogP contribution >= 0.6 is 11.3 Å². The number of rotatable bonds is 5. The van der Waals surface area contributed by atoms with Gasteiger partial charge in [-0.2, -0.15) is 5.10 Å². The predicted octanol–water partition coefficient (Wildman–Crippen LogP) is 5.08. The minimum atomic E-state index is -4.00. The molecule has 0 radical (unpaired) electrons. The van der Waals surface area contributed by atoms with Crippen LogP contribution in [0.4, 0.5) is 13.2 Å². The zero-order valence-corrected chi connectivity index (χ0v) is 19.4. The van der Waals surface area contributed by atoms with Crippen LogP contribution in [0, 0.1) is 31.3 Å². The molecule has 0 atom stereocenters. The Morgan fingerprint density at radius 3 is 2.53 bits per heavy atom. The Balaban J connectivity index is 1.60. The first-order valence-corrected chi connectivity index (χ1v) is 12.4. The van der Waals surface area contributed by atoms with Crippen molar-refractivity contribution in [1.82, 2.24) is 25.1 Å². The molecule has 174 valence electrons. The fourth-order valence-corrected chi connectivity index (χ4v) is 6.79. The van der Waals surface area contributed by atoms with Crippen LogP contribution in [0.2, 0.25) is 0 Å². The van der Waals surface area contributed by atoms with Crippen molar-refractivity contribution in [2.24, 2.45) is 0 Å². The van der Waals surface area contributed by atoms with Gasteiger partial charge in [-0.1, -0.05) is 6.07 Å². The minimum absolute atomic E-state index is 0.00945. The van der Waals surface area contributed by atoms with Crippen LogP contribution in [0.1, 0.15) is 16.3 Å². The number of aromatic nitrogens is 5. The van der Waals surface area contributed by atoms with Crippen LogP contribution in [0.15, 0.2) is 40.9 Å². The molecule has 34 heavy (non-hydrogen) atoms. The third-order valence-corrected chi connectivity index (χ3v) is 8.72. The van der Waals surface area contributed by atoms with E-state index < -0.39 is 44.2 Å². The number of aromatic amines is 2. The van der Waals surface area contributed by atoms with Crippen molar-refractivity contribution in [2.45, 2.75) is 23.8 Å². The fraction of sp³-hybridized carbons (Fsp3) is 0.136. The molecule has 3 heterocycles. The molecule has 0 aliphatic carbocycles. The van der Waals surface area contributed by atoms with Crippen molar-refractivity contribution in [2.75, 3.05) is 0 Å². The maximum atomic E-state index is 15.4. The number of nitrogens with one attached hydrogen (secondary N) is 2. The summed E-state index contributed by atoms with van der Waals surface area (Å²) in [5, 5.41) is 7.60. The van der Waals surface area contributed by atoms with Gasteiger partial charge in [-0.3, -0.25) is 5.10 Å². The number of nitrogens with zero attached hydrogens (tertiary/aromatic N) is 3. The second-order valence-electron chi connectivity index (χ2n) is 7.65. The molecule has 0 saturated heterocycles. The van der Waals surface area contributed by atoms with Crippen molar-refractivity contribution in [3.8, 4) is 22.6 Å². The Morgan fingerprint density at radius 1 is 1.06 bits per heavy atom. The first-order chi connectivity index (χ1) is 16.2. The number of thiazole rings is 1. The average molecular weight is 504 g/mol. The molecule has 0 bridgehead atoms. The summed E-state index contributed by atoms with van der Waals surface area (Å²) in [6.07, 6.45) is 3.12. The molecule has 5 rings (SSSR count). The van der Waals surface area contributed by atoms with Crippen molar-refractivity contribution >= 4 is 32.1 Å². The molecule has 12 heteroatoms. The van der Waals surface area contributed by atoms with Gasteiger partial charge >= 0.3 is 0 Å². The topological polar surface area (TPSA) is 104 Å². The summed E-state index contributed by atoms with van der Waals surface area (Å²) in [5.41, 5.74) is -0.403. The van der Waals surface area contributed by atoms with E-state index in [2.05, 4.69) is 25.1 Å². The lowest BCUT2D eigenvalue weighted by Crippen LogP contribution is -2.08. The molecule has 3 aromatic heterocycles. The van der Waals surface area contributed by atoms with E-state index >= 15 is 8.78 Å². The third kappa shape index (κ3) is 3.68. The summed E-state index contributed by atoms with van der Waals surface area (Å²) in [5.74, 6) is -3.15. The molecule has 0 saturated carbocycles. The molecule has 0 unspecified atom stereocenters. The number of aryl methyl sites for hydroxylation is 2. The number of hydrogen-bond acceptors (Lipinski definition) is 6. The van der Waals surface area contributed by atoms with Crippen LogP contribution < -0.4 is 0 Å². The third-order valence-electron chi connectivity index (χ3n) is 5.29. The summed E-state index contributed by atoms with van der Waals surface area (Å²) in [6, 6.07) is 4.45. The molecule has 0 fully saturated rings. The second-order valence-corrected chi connectivity index (χ2v) is 11.0. The lowest BCUT2D eigenvalue weighted by molar-refractivity contribution is 0.579. The van der Waals surface area contributed by atoms with Gasteiger partial charge in [0.15, 0.2) is 21.5 Å². The first-order valence-electron chi connectivity index (χ1n) is 9.97. The van der Waals surface area contributed by atoms with Gasteiger partial charge in [0.25, 0.3) is 0 Å². The highest BCUT2D eigenvalue weighted by Gasteiger charge is 2.26. The van der Waals surface area contributed by atoms with Crippen LogP contribution in [0.25, 0.3) is 33.5 Å². The van der Waals surface area contributed by atoms with Crippen molar-refractivity contribution < 1.29 is 21.6 Å². The largest absolute Gasteiger partial charge is 0.343 e. The van der Waals surface area contributed by atoms with E-state index in [0.717, 1.165) is 23.5 Å². The van der Waals surface area contributed by atoms with Gasteiger partial charge in [-0.25, -0.2) is 31.6 Å². The van der Waals surface area contributed by atoms with E-state index in [9.17, 15) is 12.8 Å². The maximum absolute atomic E-state index is 15.4.